The Hall–Kier alpha value is -2.01. The van der Waals surface area contributed by atoms with E-state index >= 15 is 0 Å². The van der Waals surface area contributed by atoms with E-state index in [9.17, 15) is 28.6 Å². The van der Waals surface area contributed by atoms with Crippen LogP contribution in [0.15, 0.2) is 0 Å². The van der Waals surface area contributed by atoms with Crippen molar-refractivity contribution in [3.05, 3.63) is 0 Å². The highest BCUT2D eigenvalue weighted by molar-refractivity contribution is 7.47. The maximum atomic E-state index is 12.6. The molecule has 264 valence electrons. The van der Waals surface area contributed by atoms with Crippen molar-refractivity contribution in [1.82, 2.24) is 0 Å². The zero-order chi connectivity index (χ0) is 34.1. The molecule has 0 spiro atoms. The number of ether oxygens (including phenoxy) is 4. The summed E-state index contributed by atoms with van der Waals surface area (Å²) >= 11 is 0. The standard InChI is InChI=1S/C32H59O12P/c1-7-8-9-10-11-12-13-14-15-16-17-18-30(34)43-28(21-39-27(6)33)23-41-45(37,38)42-24-29(44-32(36)20-26(4)5)22-40-31(35)19-25(2)3/h25-26,28-29H,7-24H2,1-6H3,(H,37,38)/t28-,29?/m1/s1. The van der Waals surface area contributed by atoms with Crippen LogP contribution in [0.4, 0.5) is 0 Å². The molecule has 0 rings (SSSR count). The molecule has 0 amide bonds. The molecule has 0 aliphatic carbocycles. The van der Waals surface area contributed by atoms with Gasteiger partial charge in [0, 0.05) is 26.2 Å². The molecule has 0 aromatic rings. The summed E-state index contributed by atoms with van der Waals surface area (Å²) in [5.41, 5.74) is 0. The first-order chi connectivity index (χ1) is 21.2. The molecule has 0 saturated carbocycles. The number of esters is 4. The maximum absolute atomic E-state index is 12.6. The van der Waals surface area contributed by atoms with Crippen molar-refractivity contribution in [2.75, 3.05) is 26.4 Å². The normalized spacial score (nSPS) is 14.1. The van der Waals surface area contributed by atoms with Crippen LogP contribution < -0.4 is 0 Å². The van der Waals surface area contributed by atoms with Crippen LogP contribution in [0.3, 0.4) is 0 Å². The Morgan fingerprint density at radius 3 is 1.49 bits per heavy atom. The lowest BCUT2D eigenvalue weighted by molar-refractivity contribution is -0.162. The van der Waals surface area contributed by atoms with Gasteiger partial charge in [-0.2, -0.15) is 0 Å². The molecular formula is C32H59O12P. The molecule has 0 fully saturated rings. The molecule has 0 saturated heterocycles. The van der Waals surface area contributed by atoms with Crippen molar-refractivity contribution in [1.29, 1.82) is 0 Å². The molecule has 12 nitrogen and oxygen atoms in total. The fourth-order valence-electron chi connectivity index (χ4n) is 4.16. The minimum atomic E-state index is -4.74. The van der Waals surface area contributed by atoms with Crippen LogP contribution in [-0.2, 0) is 51.7 Å². The molecule has 0 aliphatic rings. The first-order valence-corrected chi connectivity index (χ1v) is 18.0. The van der Waals surface area contributed by atoms with E-state index in [0.717, 1.165) is 19.3 Å². The van der Waals surface area contributed by atoms with E-state index in [1.165, 1.54) is 51.9 Å². The summed E-state index contributed by atoms with van der Waals surface area (Å²) in [5, 5.41) is 0. The molecule has 0 radical (unpaired) electrons. The van der Waals surface area contributed by atoms with Crippen LogP contribution >= 0.6 is 7.82 Å². The van der Waals surface area contributed by atoms with Gasteiger partial charge < -0.3 is 23.8 Å². The lowest BCUT2D eigenvalue weighted by atomic mass is 10.1. The summed E-state index contributed by atoms with van der Waals surface area (Å²) in [7, 11) is -4.74. The van der Waals surface area contributed by atoms with Crippen LogP contribution in [0, 0.1) is 11.8 Å². The molecule has 13 heteroatoms. The van der Waals surface area contributed by atoms with Gasteiger partial charge in [-0.15, -0.1) is 0 Å². The Labute approximate surface area is 270 Å². The Balaban J connectivity index is 4.77. The van der Waals surface area contributed by atoms with Crippen molar-refractivity contribution in [3.63, 3.8) is 0 Å². The summed E-state index contributed by atoms with van der Waals surface area (Å²) in [6.45, 7) is 8.78. The van der Waals surface area contributed by atoms with Crippen molar-refractivity contribution in [2.24, 2.45) is 11.8 Å². The molecule has 0 heterocycles. The number of rotatable bonds is 28. The van der Waals surface area contributed by atoms with E-state index in [1.54, 1.807) is 0 Å². The molecule has 0 aromatic heterocycles. The van der Waals surface area contributed by atoms with Gasteiger partial charge in [-0.3, -0.25) is 28.2 Å². The Morgan fingerprint density at radius 1 is 0.600 bits per heavy atom. The number of hydrogen-bond acceptors (Lipinski definition) is 11. The van der Waals surface area contributed by atoms with Crippen LogP contribution in [0.25, 0.3) is 0 Å². The number of phosphoric acid groups is 1. The van der Waals surface area contributed by atoms with E-state index < -0.39 is 57.1 Å². The van der Waals surface area contributed by atoms with E-state index in [0.29, 0.717) is 6.42 Å². The Bertz CT molecular complexity index is 876. The SMILES string of the molecule is CCCCCCCCCCCCCC(=O)O[C@H](COC(C)=O)COP(=O)(O)OCC(COC(=O)CC(C)C)OC(=O)CC(C)C. The van der Waals surface area contributed by atoms with E-state index in [1.807, 2.05) is 27.7 Å². The molecule has 0 aromatic carbocycles. The second-order valence-electron chi connectivity index (χ2n) is 12.3. The maximum Gasteiger partial charge on any atom is 0.472 e. The summed E-state index contributed by atoms with van der Waals surface area (Å²) in [6.07, 6.45) is 10.6. The summed E-state index contributed by atoms with van der Waals surface area (Å²) in [5.74, 6) is -2.21. The molecule has 0 aliphatic heterocycles. The topological polar surface area (TPSA) is 161 Å². The highest BCUT2D eigenvalue weighted by atomic mass is 31.2. The third-order valence-electron chi connectivity index (χ3n) is 6.48. The lowest BCUT2D eigenvalue weighted by Gasteiger charge is -2.22. The highest BCUT2D eigenvalue weighted by Crippen LogP contribution is 2.43. The van der Waals surface area contributed by atoms with Gasteiger partial charge in [0.1, 0.15) is 13.2 Å². The van der Waals surface area contributed by atoms with Crippen LogP contribution in [0.5, 0.6) is 0 Å². The summed E-state index contributed by atoms with van der Waals surface area (Å²) in [6, 6.07) is 0. The Kier molecular flexibility index (Phi) is 24.9. The average molecular weight is 667 g/mol. The monoisotopic (exact) mass is 666 g/mol. The molecule has 45 heavy (non-hydrogen) atoms. The first kappa shape index (κ1) is 43.0. The number of carbonyl (C=O) groups is 4. The van der Waals surface area contributed by atoms with E-state index in [2.05, 4.69) is 6.92 Å². The van der Waals surface area contributed by atoms with E-state index in [-0.39, 0.29) is 44.3 Å². The fourth-order valence-corrected chi connectivity index (χ4v) is 4.94. The minimum absolute atomic E-state index is 0.00149. The molecular weight excluding hydrogens is 607 g/mol. The highest BCUT2D eigenvalue weighted by Gasteiger charge is 2.29. The van der Waals surface area contributed by atoms with Crippen molar-refractivity contribution in [3.8, 4) is 0 Å². The van der Waals surface area contributed by atoms with Gasteiger partial charge in [0.2, 0.25) is 0 Å². The zero-order valence-corrected chi connectivity index (χ0v) is 29.3. The first-order valence-electron chi connectivity index (χ1n) is 16.5. The lowest BCUT2D eigenvalue weighted by Crippen LogP contribution is -2.31. The van der Waals surface area contributed by atoms with Gasteiger partial charge in [0.05, 0.1) is 13.2 Å². The zero-order valence-electron chi connectivity index (χ0n) is 28.4. The van der Waals surface area contributed by atoms with Gasteiger partial charge in [-0.05, 0) is 18.3 Å². The van der Waals surface area contributed by atoms with Gasteiger partial charge in [-0.25, -0.2) is 4.57 Å². The predicted octanol–water partition coefficient (Wildman–Crippen LogP) is 6.84. The molecule has 2 unspecified atom stereocenters. The van der Waals surface area contributed by atoms with Crippen molar-refractivity contribution in [2.45, 2.75) is 144 Å². The van der Waals surface area contributed by atoms with Gasteiger partial charge in [0.15, 0.2) is 12.2 Å². The van der Waals surface area contributed by atoms with Gasteiger partial charge in [0.25, 0.3) is 0 Å². The second-order valence-corrected chi connectivity index (χ2v) is 13.7. The molecule has 0 bridgehead atoms. The molecule has 3 atom stereocenters. The fraction of sp³-hybridized carbons (Fsp3) is 0.875. The van der Waals surface area contributed by atoms with E-state index in [4.69, 9.17) is 28.0 Å². The number of phosphoric ester groups is 1. The largest absolute Gasteiger partial charge is 0.472 e. The van der Waals surface area contributed by atoms with Crippen molar-refractivity contribution >= 4 is 31.7 Å². The smallest absolute Gasteiger partial charge is 0.462 e. The molecule has 1 N–H and O–H groups in total. The number of hydrogen-bond donors (Lipinski definition) is 1. The van der Waals surface area contributed by atoms with Crippen LogP contribution in [0.2, 0.25) is 0 Å². The quantitative estimate of drug-likeness (QED) is 0.0401. The van der Waals surface area contributed by atoms with Crippen LogP contribution in [0.1, 0.15) is 131 Å². The van der Waals surface area contributed by atoms with Gasteiger partial charge >= 0.3 is 31.7 Å². The number of unbranched alkanes of at least 4 members (excludes halogenated alkanes) is 10. The average Bonchev–Trinajstić information content (AvgIpc) is 2.93. The summed E-state index contributed by atoms with van der Waals surface area (Å²) < 4.78 is 43.3. The van der Waals surface area contributed by atoms with Gasteiger partial charge in [-0.1, -0.05) is 98.8 Å². The second kappa shape index (κ2) is 26.1. The third kappa shape index (κ3) is 28.0. The predicted molar refractivity (Wildman–Crippen MR) is 169 cm³/mol. The minimum Gasteiger partial charge on any atom is -0.462 e. The van der Waals surface area contributed by atoms with Crippen LogP contribution in [-0.4, -0.2) is 67.4 Å². The Morgan fingerprint density at radius 2 is 1.02 bits per heavy atom. The van der Waals surface area contributed by atoms with Crippen molar-refractivity contribution < 1.29 is 56.6 Å². The third-order valence-corrected chi connectivity index (χ3v) is 7.43. The number of carbonyl (C=O) groups excluding carboxylic acids is 4. The summed E-state index contributed by atoms with van der Waals surface area (Å²) in [4.78, 5) is 58.1.